The van der Waals surface area contributed by atoms with Crippen LogP contribution >= 0.6 is 0 Å². The van der Waals surface area contributed by atoms with Crippen molar-refractivity contribution in [2.45, 2.75) is 37.6 Å². The number of carbonyl (C=O) groups is 1. The van der Waals surface area contributed by atoms with Crippen LogP contribution < -0.4 is 14.8 Å². The van der Waals surface area contributed by atoms with E-state index in [2.05, 4.69) is 5.32 Å². The van der Waals surface area contributed by atoms with E-state index in [0.29, 0.717) is 11.5 Å². The molecule has 128 valence electrons. The van der Waals surface area contributed by atoms with Crippen LogP contribution in [0, 0.1) is 0 Å². The van der Waals surface area contributed by atoms with Crippen LogP contribution in [0.5, 0.6) is 11.5 Å². The number of para-hydroxylation sites is 2. The molecule has 1 aromatic carbocycles. The van der Waals surface area contributed by atoms with Gasteiger partial charge in [0.2, 0.25) is 12.2 Å². The Morgan fingerprint density at radius 2 is 1.91 bits per heavy atom. The molecule has 1 saturated heterocycles. The summed E-state index contributed by atoms with van der Waals surface area (Å²) in [5, 5.41) is 31.9. The van der Waals surface area contributed by atoms with Crippen LogP contribution in [-0.4, -0.2) is 65.6 Å². The summed E-state index contributed by atoms with van der Waals surface area (Å²) in [4.78, 5) is 11.3. The number of aliphatic hydroxyl groups is 3. The quantitative estimate of drug-likeness (QED) is 0.549. The third-order valence-electron chi connectivity index (χ3n) is 3.56. The summed E-state index contributed by atoms with van der Waals surface area (Å²) in [6.45, 7) is 0.772. The predicted molar refractivity (Wildman–Crippen MR) is 79.0 cm³/mol. The van der Waals surface area contributed by atoms with Gasteiger partial charge in [-0.25, -0.2) is 0 Å². The van der Waals surface area contributed by atoms with Crippen LogP contribution in [0.1, 0.15) is 6.92 Å². The highest BCUT2D eigenvalue weighted by molar-refractivity contribution is 5.73. The number of methoxy groups -OCH3 is 1. The molecule has 1 heterocycles. The fourth-order valence-electron chi connectivity index (χ4n) is 2.41. The van der Waals surface area contributed by atoms with E-state index in [1.165, 1.54) is 14.0 Å². The largest absolute Gasteiger partial charge is 0.493 e. The molecular formula is C15H21NO7. The maximum Gasteiger partial charge on any atom is 0.223 e. The van der Waals surface area contributed by atoms with Crippen LogP contribution in [0.25, 0.3) is 0 Å². The van der Waals surface area contributed by atoms with Crippen molar-refractivity contribution in [2.24, 2.45) is 0 Å². The highest BCUT2D eigenvalue weighted by Crippen LogP contribution is 2.30. The van der Waals surface area contributed by atoms with E-state index in [0.717, 1.165) is 0 Å². The number of ether oxygens (including phenoxy) is 3. The summed E-state index contributed by atoms with van der Waals surface area (Å²) in [6.07, 6.45) is -4.85. The van der Waals surface area contributed by atoms with Crippen LogP contribution in [0.15, 0.2) is 24.3 Å². The van der Waals surface area contributed by atoms with Gasteiger partial charge in [-0.1, -0.05) is 12.1 Å². The van der Waals surface area contributed by atoms with Crippen molar-refractivity contribution in [3.63, 3.8) is 0 Å². The lowest BCUT2D eigenvalue weighted by atomic mass is 9.97. The number of aliphatic hydroxyl groups excluding tert-OH is 3. The van der Waals surface area contributed by atoms with Gasteiger partial charge in [-0.2, -0.15) is 0 Å². The summed E-state index contributed by atoms with van der Waals surface area (Å²) in [5.74, 6) is 0.371. The van der Waals surface area contributed by atoms with Crippen molar-refractivity contribution in [1.82, 2.24) is 5.32 Å². The van der Waals surface area contributed by atoms with Gasteiger partial charge in [-0.05, 0) is 12.1 Å². The van der Waals surface area contributed by atoms with Gasteiger partial charge >= 0.3 is 0 Å². The third kappa shape index (κ3) is 3.91. The van der Waals surface area contributed by atoms with Crippen LogP contribution in [0.3, 0.4) is 0 Å². The molecule has 2 rings (SSSR count). The highest BCUT2D eigenvalue weighted by atomic mass is 16.7. The first-order chi connectivity index (χ1) is 11.0. The summed E-state index contributed by atoms with van der Waals surface area (Å²) in [5.41, 5.74) is 0. The molecule has 8 nitrogen and oxygen atoms in total. The molecule has 0 saturated carbocycles. The molecule has 1 fully saturated rings. The lowest BCUT2D eigenvalue weighted by Crippen LogP contribution is -2.65. The molecule has 8 heteroatoms. The average molecular weight is 327 g/mol. The lowest BCUT2D eigenvalue weighted by molar-refractivity contribution is -0.244. The van der Waals surface area contributed by atoms with Crippen LogP contribution in [0.2, 0.25) is 0 Å². The fraction of sp³-hybridized carbons (Fsp3) is 0.533. The second-order valence-corrected chi connectivity index (χ2v) is 5.20. The minimum atomic E-state index is -1.36. The molecule has 5 atom stereocenters. The second kappa shape index (κ2) is 7.60. The number of benzene rings is 1. The maximum atomic E-state index is 11.3. The molecular weight excluding hydrogens is 306 g/mol. The summed E-state index contributed by atoms with van der Waals surface area (Å²) in [7, 11) is 1.48. The maximum absolute atomic E-state index is 11.3. The Balaban J connectivity index is 2.25. The number of carbonyl (C=O) groups excluding carboxylic acids is 1. The van der Waals surface area contributed by atoms with Gasteiger partial charge in [0, 0.05) is 6.92 Å². The number of nitrogens with one attached hydrogen (secondary N) is 1. The smallest absolute Gasteiger partial charge is 0.223 e. The number of hydrogen-bond acceptors (Lipinski definition) is 7. The van der Waals surface area contributed by atoms with E-state index in [4.69, 9.17) is 14.2 Å². The zero-order chi connectivity index (χ0) is 17.0. The average Bonchev–Trinajstić information content (AvgIpc) is 2.54. The zero-order valence-corrected chi connectivity index (χ0v) is 12.9. The minimum Gasteiger partial charge on any atom is -0.493 e. The standard InChI is InChI=1S/C15H21NO7/c1-8(18)16-12-14(20)13(19)11(7-17)23-15(12)22-10-6-4-3-5-9(10)21-2/h3-6,11-15,17,19-20H,7H2,1-2H3,(H,16,18)/t11-,12+,13+,14+,15-/m1/s1. The van der Waals surface area contributed by atoms with E-state index in [1.807, 2.05) is 0 Å². The topological polar surface area (TPSA) is 117 Å². The molecule has 1 aliphatic rings. The first-order valence-corrected chi connectivity index (χ1v) is 7.17. The van der Waals surface area contributed by atoms with Gasteiger partial charge in [-0.3, -0.25) is 4.79 Å². The Morgan fingerprint density at radius 1 is 1.26 bits per heavy atom. The molecule has 1 aromatic rings. The molecule has 0 spiro atoms. The lowest BCUT2D eigenvalue weighted by Gasteiger charge is -2.42. The number of hydrogen-bond donors (Lipinski definition) is 4. The second-order valence-electron chi connectivity index (χ2n) is 5.20. The first kappa shape index (κ1) is 17.5. The van der Waals surface area contributed by atoms with Gasteiger partial charge in [0.15, 0.2) is 11.5 Å². The van der Waals surface area contributed by atoms with E-state index >= 15 is 0 Å². The van der Waals surface area contributed by atoms with Crippen molar-refractivity contribution in [2.75, 3.05) is 13.7 Å². The van der Waals surface area contributed by atoms with Gasteiger partial charge in [-0.15, -0.1) is 0 Å². The van der Waals surface area contributed by atoms with Crippen molar-refractivity contribution >= 4 is 5.91 Å². The Kier molecular flexibility index (Phi) is 5.78. The molecule has 0 aliphatic carbocycles. The molecule has 4 N–H and O–H groups in total. The molecule has 0 unspecified atom stereocenters. The molecule has 1 aliphatic heterocycles. The highest BCUT2D eigenvalue weighted by Gasteiger charge is 2.46. The van der Waals surface area contributed by atoms with Crippen LogP contribution in [0.4, 0.5) is 0 Å². The predicted octanol–water partition coefficient (Wildman–Crippen LogP) is -0.982. The summed E-state index contributed by atoms with van der Waals surface area (Å²) in [6, 6.07) is 5.80. The van der Waals surface area contributed by atoms with E-state index in [-0.39, 0.29) is 0 Å². The Bertz CT molecular complexity index is 538. The molecule has 0 aromatic heterocycles. The van der Waals surface area contributed by atoms with Gasteiger partial charge < -0.3 is 34.8 Å². The Labute approximate surface area is 133 Å². The fourth-order valence-corrected chi connectivity index (χ4v) is 2.41. The van der Waals surface area contributed by atoms with Crippen molar-refractivity contribution in [3.05, 3.63) is 24.3 Å². The molecule has 0 bridgehead atoms. The Hall–Kier alpha value is -1.87. The van der Waals surface area contributed by atoms with E-state index < -0.39 is 43.2 Å². The molecule has 23 heavy (non-hydrogen) atoms. The monoisotopic (exact) mass is 327 g/mol. The molecule has 0 radical (unpaired) electrons. The SMILES string of the molecule is COc1ccccc1O[C@@H]1O[C@H](CO)[C@H](O)[C@@H](O)[C@@H]1NC(C)=O. The van der Waals surface area contributed by atoms with Crippen molar-refractivity contribution in [3.8, 4) is 11.5 Å². The van der Waals surface area contributed by atoms with Gasteiger partial charge in [0.05, 0.1) is 13.7 Å². The number of rotatable bonds is 5. The van der Waals surface area contributed by atoms with Crippen molar-refractivity contribution in [1.29, 1.82) is 0 Å². The van der Waals surface area contributed by atoms with E-state index in [1.54, 1.807) is 24.3 Å². The minimum absolute atomic E-state index is 0.343. The Morgan fingerprint density at radius 3 is 2.48 bits per heavy atom. The first-order valence-electron chi connectivity index (χ1n) is 7.17. The third-order valence-corrected chi connectivity index (χ3v) is 3.56. The van der Waals surface area contributed by atoms with Gasteiger partial charge in [0.25, 0.3) is 0 Å². The normalized spacial score (nSPS) is 30.6. The van der Waals surface area contributed by atoms with Crippen LogP contribution in [-0.2, 0) is 9.53 Å². The summed E-state index contributed by atoms with van der Waals surface area (Å²) >= 11 is 0. The molecule has 1 amide bonds. The van der Waals surface area contributed by atoms with Gasteiger partial charge in [0.1, 0.15) is 24.4 Å². The zero-order valence-electron chi connectivity index (χ0n) is 12.9. The van der Waals surface area contributed by atoms with E-state index in [9.17, 15) is 20.1 Å². The summed E-state index contributed by atoms with van der Waals surface area (Å²) < 4.78 is 16.4. The van der Waals surface area contributed by atoms with Crippen molar-refractivity contribution < 1.29 is 34.3 Å². The number of amides is 1.